The SMILES string of the molecule is CCCCCC(=O)NC(=S)Nc1cccc2cc(O)ccc12. The molecule has 2 rings (SSSR count). The lowest BCUT2D eigenvalue weighted by atomic mass is 10.1. The zero-order valence-corrected chi connectivity index (χ0v) is 13.4. The summed E-state index contributed by atoms with van der Waals surface area (Å²) >= 11 is 5.19. The van der Waals surface area contributed by atoms with Gasteiger partial charge in [0.2, 0.25) is 5.91 Å². The number of unbranched alkanes of at least 4 members (excludes halogenated alkanes) is 2. The van der Waals surface area contributed by atoms with Crippen LogP contribution in [0, 0.1) is 0 Å². The Morgan fingerprint density at radius 1 is 1.23 bits per heavy atom. The Labute approximate surface area is 135 Å². The maximum Gasteiger partial charge on any atom is 0.226 e. The summed E-state index contributed by atoms with van der Waals surface area (Å²) in [5, 5.41) is 17.4. The molecule has 0 saturated heterocycles. The topological polar surface area (TPSA) is 61.4 Å². The Balaban J connectivity index is 2.01. The smallest absolute Gasteiger partial charge is 0.226 e. The number of rotatable bonds is 5. The predicted molar refractivity (Wildman–Crippen MR) is 94.1 cm³/mol. The Kier molecular flexibility index (Phi) is 5.72. The van der Waals surface area contributed by atoms with Crippen molar-refractivity contribution in [2.24, 2.45) is 0 Å². The number of carbonyl (C=O) groups is 1. The van der Waals surface area contributed by atoms with Crippen LogP contribution in [0.25, 0.3) is 10.8 Å². The minimum absolute atomic E-state index is 0.0659. The second kappa shape index (κ2) is 7.75. The third kappa shape index (κ3) is 4.43. The molecule has 0 bridgehead atoms. The molecule has 0 aliphatic heterocycles. The van der Waals surface area contributed by atoms with Crippen molar-refractivity contribution in [1.29, 1.82) is 0 Å². The van der Waals surface area contributed by atoms with Crippen molar-refractivity contribution in [2.75, 3.05) is 5.32 Å². The van der Waals surface area contributed by atoms with E-state index in [1.165, 1.54) is 0 Å². The highest BCUT2D eigenvalue weighted by Crippen LogP contribution is 2.26. The van der Waals surface area contributed by atoms with Gasteiger partial charge in [-0.15, -0.1) is 0 Å². The minimum Gasteiger partial charge on any atom is -0.508 e. The number of thiocarbonyl (C=S) groups is 1. The van der Waals surface area contributed by atoms with Gasteiger partial charge in [-0.25, -0.2) is 0 Å². The van der Waals surface area contributed by atoms with E-state index in [1.54, 1.807) is 12.1 Å². The van der Waals surface area contributed by atoms with E-state index in [-0.39, 0.29) is 11.7 Å². The number of benzene rings is 2. The number of fused-ring (bicyclic) bond motifs is 1. The summed E-state index contributed by atoms with van der Waals surface area (Å²) in [6.07, 6.45) is 3.48. The number of aromatic hydroxyl groups is 1. The first-order valence-electron chi connectivity index (χ1n) is 7.42. The van der Waals surface area contributed by atoms with Crippen molar-refractivity contribution in [2.45, 2.75) is 32.6 Å². The molecule has 0 radical (unpaired) electrons. The highest BCUT2D eigenvalue weighted by molar-refractivity contribution is 7.80. The molecule has 2 aromatic rings. The average Bonchev–Trinajstić information content (AvgIpc) is 2.47. The highest BCUT2D eigenvalue weighted by Gasteiger charge is 2.07. The van der Waals surface area contributed by atoms with Crippen LogP contribution in [0.4, 0.5) is 5.69 Å². The summed E-state index contributed by atoms with van der Waals surface area (Å²) < 4.78 is 0. The van der Waals surface area contributed by atoms with Crippen LogP contribution in [0.2, 0.25) is 0 Å². The van der Waals surface area contributed by atoms with Crippen molar-refractivity contribution in [1.82, 2.24) is 5.32 Å². The molecule has 2 aromatic carbocycles. The molecule has 5 heteroatoms. The maximum absolute atomic E-state index is 11.8. The van der Waals surface area contributed by atoms with Gasteiger partial charge >= 0.3 is 0 Å². The Bertz CT molecular complexity index is 685. The first-order chi connectivity index (χ1) is 10.6. The second-order valence-electron chi connectivity index (χ2n) is 5.17. The Morgan fingerprint density at radius 3 is 2.82 bits per heavy atom. The fourth-order valence-corrected chi connectivity index (χ4v) is 2.48. The molecule has 0 fully saturated rings. The van der Waals surface area contributed by atoms with Gasteiger partial charge in [0.15, 0.2) is 5.11 Å². The second-order valence-corrected chi connectivity index (χ2v) is 5.58. The quantitative estimate of drug-likeness (QED) is 0.577. The van der Waals surface area contributed by atoms with Crippen LogP contribution in [0.3, 0.4) is 0 Å². The fourth-order valence-electron chi connectivity index (χ4n) is 2.26. The monoisotopic (exact) mass is 316 g/mol. The molecule has 0 unspecified atom stereocenters. The van der Waals surface area contributed by atoms with Crippen LogP contribution >= 0.6 is 12.2 Å². The zero-order valence-electron chi connectivity index (χ0n) is 12.6. The standard InChI is InChI=1S/C17H20N2O2S/c1-2-3-4-8-16(21)19-17(22)18-15-7-5-6-12-11-13(20)9-10-14(12)15/h5-7,9-11,20H,2-4,8H2,1H3,(H2,18,19,21,22). The predicted octanol–water partition coefficient (Wildman–Crippen LogP) is 3.94. The maximum atomic E-state index is 11.8. The van der Waals surface area contributed by atoms with Crippen molar-refractivity contribution in [3.05, 3.63) is 36.4 Å². The van der Waals surface area contributed by atoms with Gasteiger partial charge in [-0.2, -0.15) is 0 Å². The Morgan fingerprint density at radius 2 is 2.05 bits per heavy atom. The van der Waals surface area contributed by atoms with Gasteiger partial charge in [-0.05, 0) is 48.3 Å². The number of nitrogens with one attached hydrogen (secondary N) is 2. The molecular formula is C17H20N2O2S. The average molecular weight is 316 g/mol. The van der Waals surface area contributed by atoms with E-state index in [0.29, 0.717) is 11.5 Å². The minimum atomic E-state index is -0.0659. The summed E-state index contributed by atoms with van der Waals surface area (Å²) in [6, 6.07) is 10.8. The molecule has 0 saturated carbocycles. The summed E-state index contributed by atoms with van der Waals surface area (Å²) in [5.41, 5.74) is 0.802. The number of amides is 1. The lowest BCUT2D eigenvalue weighted by Crippen LogP contribution is -2.33. The first kappa shape index (κ1) is 16.2. The van der Waals surface area contributed by atoms with Crippen LogP contribution in [-0.2, 0) is 4.79 Å². The first-order valence-corrected chi connectivity index (χ1v) is 7.83. The molecule has 1 amide bonds. The lowest BCUT2D eigenvalue weighted by Gasteiger charge is -2.12. The van der Waals surface area contributed by atoms with Gasteiger partial charge in [0, 0.05) is 17.5 Å². The van der Waals surface area contributed by atoms with Crippen LogP contribution in [0.1, 0.15) is 32.6 Å². The number of phenols is 1. The molecule has 0 aliphatic rings. The largest absolute Gasteiger partial charge is 0.508 e. The third-order valence-corrected chi connectivity index (χ3v) is 3.58. The lowest BCUT2D eigenvalue weighted by molar-refractivity contribution is -0.119. The van der Waals surface area contributed by atoms with Crippen LogP contribution < -0.4 is 10.6 Å². The molecule has 4 nitrogen and oxygen atoms in total. The molecule has 0 heterocycles. The van der Waals surface area contributed by atoms with Crippen molar-refractivity contribution in [3.8, 4) is 5.75 Å². The molecule has 0 spiro atoms. The summed E-state index contributed by atoms with van der Waals surface area (Å²) in [7, 11) is 0. The highest BCUT2D eigenvalue weighted by atomic mass is 32.1. The van der Waals surface area contributed by atoms with E-state index in [2.05, 4.69) is 17.6 Å². The van der Waals surface area contributed by atoms with Gasteiger partial charge < -0.3 is 15.7 Å². The Hall–Kier alpha value is -2.14. The van der Waals surface area contributed by atoms with Crippen molar-refractivity contribution < 1.29 is 9.90 Å². The summed E-state index contributed by atoms with van der Waals surface area (Å²) in [4.78, 5) is 11.8. The number of hydrogen-bond donors (Lipinski definition) is 3. The molecule has 0 atom stereocenters. The van der Waals surface area contributed by atoms with E-state index < -0.39 is 0 Å². The molecular weight excluding hydrogens is 296 g/mol. The fraction of sp³-hybridized carbons (Fsp3) is 0.294. The zero-order chi connectivity index (χ0) is 15.9. The number of anilines is 1. The molecule has 0 aromatic heterocycles. The van der Waals surface area contributed by atoms with Crippen LogP contribution in [0.15, 0.2) is 36.4 Å². The number of hydrogen-bond acceptors (Lipinski definition) is 3. The van der Waals surface area contributed by atoms with Crippen LogP contribution in [0.5, 0.6) is 5.75 Å². The number of phenolic OH excluding ortho intramolecular Hbond substituents is 1. The van der Waals surface area contributed by atoms with E-state index in [1.807, 2.05) is 24.3 Å². The summed E-state index contributed by atoms with van der Waals surface area (Å²) in [6.45, 7) is 2.10. The van der Waals surface area contributed by atoms with E-state index in [4.69, 9.17) is 12.2 Å². The van der Waals surface area contributed by atoms with Gasteiger partial charge in [0.05, 0.1) is 0 Å². The third-order valence-electron chi connectivity index (χ3n) is 3.37. The van der Waals surface area contributed by atoms with E-state index in [9.17, 15) is 9.90 Å². The van der Waals surface area contributed by atoms with Gasteiger partial charge in [0.1, 0.15) is 5.75 Å². The molecule has 0 aliphatic carbocycles. The molecule has 3 N–H and O–H groups in total. The van der Waals surface area contributed by atoms with E-state index >= 15 is 0 Å². The van der Waals surface area contributed by atoms with Gasteiger partial charge in [-0.1, -0.05) is 31.9 Å². The van der Waals surface area contributed by atoms with E-state index in [0.717, 1.165) is 35.7 Å². The van der Waals surface area contributed by atoms with Crippen LogP contribution in [-0.4, -0.2) is 16.1 Å². The molecule has 116 valence electrons. The number of carbonyl (C=O) groups excluding carboxylic acids is 1. The van der Waals surface area contributed by atoms with Gasteiger partial charge in [0.25, 0.3) is 0 Å². The van der Waals surface area contributed by atoms with Crippen molar-refractivity contribution >= 4 is 39.7 Å². The van der Waals surface area contributed by atoms with Crippen molar-refractivity contribution in [3.63, 3.8) is 0 Å². The normalized spacial score (nSPS) is 10.4. The summed E-state index contributed by atoms with van der Waals surface area (Å²) in [5.74, 6) is 0.153. The van der Waals surface area contributed by atoms with Gasteiger partial charge in [-0.3, -0.25) is 4.79 Å². The molecule has 22 heavy (non-hydrogen) atoms.